The average molecular weight is 342 g/mol. The molecule has 4 heteroatoms. The summed E-state index contributed by atoms with van der Waals surface area (Å²) in [6, 6.07) is 6.55. The number of ether oxygens (including phenoxy) is 1. The van der Waals surface area contributed by atoms with Crippen LogP contribution >= 0.6 is 15.9 Å². The third-order valence-corrected chi connectivity index (χ3v) is 4.74. The van der Waals surface area contributed by atoms with Crippen molar-refractivity contribution in [2.45, 2.75) is 57.2 Å². The molecule has 1 saturated carbocycles. The van der Waals surface area contributed by atoms with Gasteiger partial charge in [0, 0.05) is 12.1 Å². The van der Waals surface area contributed by atoms with Crippen LogP contribution in [0.3, 0.4) is 0 Å². The second kappa shape index (κ2) is 7.43. The van der Waals surface area contributed by atoms with Crippen molar-refractivity contribution < 1.29 is 9.84 Å². The van der Waals surface area contributed by atoms with Crippen LogP contribution in [0.5, 0.6) is 5.75 Å². The summed E-state index contributed by atoms with van der Waals surface area (Å²) in [5.74, 6) is 0.843. The molecule has 0 amide bonds. The molecule has 3 nitrogen and oxygen atoms in total. The van der Waals surface area contributed by atoms with E-state index in [1.165, 1.54) is 18.4 Å². The van der Waals surface area contributed by atoms with Gasteiger partial charge in [-0.05, 0) is 53.4 Å². The Morgan fingerprint density at radius 2 is 2.05 bits per heavy atom. The van der Waals surface area contributed by atoms with E-state index < -0.39 is 0 Å². The van der Waals surface area contributed by atoms with Crippen LogP contribution in [0.15, 0.2) is 22.7 Å². The number of rotatable bonds is 4. The number of methoxy groups -OCH3 is 1. The van der Waals surface area contributed by atoms with Crippen LogP contribution in [-0.2, 0) is 0 Å². The van der Waals surface area contributed by atoms with Gasteiger partial charge in [0.25, 0.3) is 0 Å². The minimum absolute atomic E-state index is 0.202. The van der Waals surface area contributed by atoms with E-state index in [2.05, 4.69) is 40.3 Å². The van der Waals surface area contributed by atoms with E-state index in [9.17, 15) is 5.11 Å². The first-order valence-corrected chi connectivity index (χ1v) is 8.18. The summed E-state index contributed by atoms with van der Waals surface area (Å²) in [4.78, 5) is 0. The first-order valence-electron chi connectivity index (χ1n) is 7.39. The Morgan fingerprint density at radius 1 is 1.30 bits per heavy atom. The normalized spacial score (nSPS) is 25.0. The predicted molar refractivity (Wildman–Crippen MR) is 85.1 cm³/mol. The Morgan fingerprint density at radius 3 is 2.75 bits per heavy atom. The van der Waals surface area contributed by atoms with Crippen molar-refractivity contribution in [1.82, 2.24) is 5.32 Å². The van der Waals surface area contributed by atoms with Gasteiger partial charge in [-0.3, -0.25) is 0 Å². The molecule has 0 aliphatic heterocycles. The Bertz CT molecular complexity index is 438. The lowest BCUT2D eigenvalue weighted by molar-refractivity contribution is 0.115. The summed E-state index contributed by atoms with van der Waals surface area (Å²) in [6.45, 7) is 2.14. The zero-order valence-corrected chi connectivity index (χ0v) is 13.8. The highest BCUT2D eigenvalue weighted by Gasteiger charge is 2.23. The van der Waals surface area contributed by atoms with E-state index in [-0.39, 0.29) is 18.2 Å². The maximum Gasteiger partial charge on any atom is 0.133 e. The number of halogens is 1. The molecule has 0 bridgehead atoms. The quantitative estimate of drug-likeness (QED) is 0.818. The van der Waals surface area contributed by atoms with Gasteiger partial charge in [0.15, 0.2) is 0 Å². The van der Waals surface area contributed by atoms with Crippen LogP contribution in [0.4, 0.5) is 0 Å². The number of benzene rings is 1. The molecule has 0 saturated heterocycles. The minimum atomic E-state index is -0.221. The Kier molecular flexibility index (Phi) is 5.87. The number of aliphatic hydroxyl groups is 1. The highest BCUT2D eigenvalue weighted by Crippen LogP contribution is 2.29. The molecule has 2 N–H and O–H groups in total. The van der Waals surface area contributed by atoms with E-state index >= 15 is 0 Å². The summed E-state index contributed by atoms with van der Waals surface area (Å²) >= 11 is 3.52. The van der Waals surface area contributed by atoms with Crippen LogP contribution < -0.4 is 10.1 Å². The molecule has 2 rings (SSSR count). The molecule has 1 fully saturated rings. The average Bonchev–Trinajstić information content (AvgIpc) is 2.64. The monoisotopic (exact) mass is 341 g/mol. The predicted octanol–water partition coefficient (Wildman–Crippen LogP) is 3.80. The van der Waals surface area contributed by atoms with Gasteiger partial charge in [0.05, 0.1) is 17.7 Å². The van der Waals surface area contributed by atoms with Crippen LogP contribution in [0, 0.1) is 0 Å². The molecule has 1 aromatic carbocycles. The van der Waals surface area contributed by atoms with Gasteiger partial charge in [-0.2, -0.15) is 0 Å². The van der Waals surface area contributed by atoms with Crippen LogP contribution in [-0.4, -0.2) is 24.4 Å². The molecule has 0 spiro atoms. The van der Waals surface area contributed by atoms with Crippen molar-refractivity contribution in [1.29, 1.82) is 0 Å². The molecular formula is C16H24BrNO2. The van der Waals surface area contributed by atoms with E-state index in [4.69, 9.17) is 4.74 Å². The molecule has 0 heterocycles. The topological polar surface area (TPSA) is 41.5 Å². The summed E-state index contributed by atoms with van der Waals surface area (Å²) in [7, 11) is 1.67. The molecule has 3 unspecified atom stereocenters. The summed E-state index contributed by atoms with van der Waals surface area (Å²) in [5, 5.41) is 13.8. The van der Waals surface area contributed by atoms with Crippen molar-refractivity contribution in [2.75, 3.05) is 7.11 Å². The lowest BCUT2D eigenvalue weighted by Crippen LogP contribution is -2.40. The van der Waals surface area contributed by atoms with E-state index in [0.29, 0.717) is 0 Å². The highest BCUT2D eigenvalue weighted by molar-refractivity contribution is 9.10. The van der Waals surface area contributed by atoms with Gasteiger partial charge in [-0.25, -0.2) is 0 Å². The second-order valence-electron chi connectivity index (χ2n) is 5.59. The van der Waals surface area contributed by atoms with Gasteiger partial charge >= 0.3 is 0 Å². The largest absolute Gasteiger partial charge is 0.496 e. The van der Waals surface area contributed by atoms with Crippen molar-refractivity contribution in [3.05, 3.63) is 28.2 Å². The Balaban J connectivity index is 2.03. The number of hydrogen-bond donors (Lipinski definition) is 2. The molecular weight excluding hydrogens is 318 g/mol. The van der Waals surface area contributed by atoms with E-state index in [1.54, 1.807) is 7.11 Å². The summed E-state index contributed by atoms with van der Waals surface area (Å²) in [6.07, 6.45) is 5.33. The van der Waals surface area contributed by atoms with Crippen molar-refractivity contribution in [2.24, 2.45) is 0 Å². The number of nitrogens with one attached hydrogen (secondary N) is 1. The lowest BCUT2D eigenvalue weighted by atomic mass is 10.0. The highest BCUT2D eigenvalue weighted by atomic mass is 79.9. The van der Waals surface area contributed by atoms with Crippen LogP contribution in [0.1, 0.15) is 50.6 Å². The fourth-order valence-electron chi connectivity index (χ4n) is 2.85. The van der Waals surface area contributed by atoms with Crippen molar-refractivity contribution in [3.63, 3.8) is 0 Å². The fourth-order valence-corrected chi connectivity index (χ4v) is 3.41. The van der Waals surface area contributed by atoms with Gasteiger partial charge < -0.3 is 15.2 Å². The summed E-state index contributed by atoms with van der Waals surface area (Å²) in [5.41, 5.74) is 1.20. The Hall–Kier alpha value is -0.580. The smallest absolute Gasteiger partial charge is 0.133 e. The number of aliphatic hydroxyl groups excluding tert-OH is 1. The van der Waals surface area contributed by atoms with Gasteiger partial charge in [-0.15, -0.1) is 0 Å². The molecule has 3 atom stereocenters. The zero-order chi connectivity index (χ0) is 14.5. The molecule has 1 aliphatic rings. The van der Waals surface area contributed by atoms with Crippen molar-refractivity contribution >= 4 is 15.9 Å². The molecule has 1 aromatic rings. The van der Waals surface area contributed by atoms with E-state index in [0.717, 1.165) is 29.5 Å². The fraction of sp³-hybridized carbons (Fsp3) is 0.625. The molecule has 0 aromatic heterocycles. The third-order valence-electron chi connectivity index (χ3n) is 4.12. The van der Waals surface area contributed by atoms with Gasteiger partial charge in [0.1, 0.15) is 5.75 Å². The molecule has 1 aliphatic carbocycles. The standard InChI is InChI=1S/C16H24BrNO2/c1-11(12-8-9-16(20-2)13(17)10-12)18-14-6-4-3-5-7-15(14)19/h8-11,14-15,18-19H,3-7H2,1-2H3. The Labute approximate surface area is 129 Å². The molecule has 20 heavy (non-hydrogen) atoms. The third kappa shape index (κ3) is 3.96. The van der Waals surface area contributed by atoms with E-state index in [1.807, 2.05) is 6.07 Å². The van der Waals surface area contributed by atoms with Gasteiger partial charge in [-0.1, -0.05) is 25.3 Å². The SMILES string of the molecule is COc1ccc(C(C)NC2CCCCCC2O)cc1Br. The zero-order valence-electron chi connectivity index (χ0n) is 12.2. The molecule has 0 radical (unpaired) electrons. The summed E-state index contributed by atoms with van der Waals surface area (Å²) < 4.78 is 6.22. The van der Waals surface area contributed by atoms with Crippen LogP contribution in [0.25, 0.3) is 0 Å². The maximum atomic E-state index is 10.2. The maximum absolute atomic E-state index is 10.2. The minimum Gasteiger partial charge on any atom is -0.496 e. The molecule has 112 valence electrons. The van der Waals surface area contributed by atoms with Crippen LogP contribution in [0.2, 0.25) is 0 Å². The number of hydrogen-bond acceptors (Lipinski definition) is 3. The first kappa shape index (κ1) is 15.8. The van der Waals surface area contributed by atoms with Gasteiger partial charge in [0.2, 0.25) is 0 Å². The first-order chi connectivity index (χ1) is 9.61. The second-order valence-corrected chi connectivity index (χ2v) is 6.45. The van der Waals surface area contributed by atoms with Crippen molar-refractivity contribution in [3.8, 4) is 5.75 Å². The lowest BCUT2D eigenvalue weighted by Gasteiger charge is -2.26.